The minimum absolute atomic E-state index is 0.249. The minimum atomic E-state index is -0.249. The SMILES string of the molecule is O=C(Nc1ccccc1)Nc1sc2ccccc2c1-n1cccc1. The Bertz CT molecular complexity index is 974. The van der Waals surface area contributed by atoms with Crippen LogP contribution in [0, 0.1) is 0 Å². The van der Waals surface area contributed by atoms with Crippen molar-refractivity contribution in [1.29, 1.82) is 0 Å². The molecular weight excluding hydrogens is 318 g/mol. The molecular formula is C19H15N3OS. The van der Waals surface area contributed by atoms with Gasteiger partial charge in [-0.15, -0.1) is 11.3 Å². The Hall–Kier alpha value is -3.05. The predicted octanol–water partition coefficient (Wildman–Crippen LogP) is 5.34. The van der Waals surface area contributed by atoms with Gasteiger partial charge in [0.2, 0.25) is 0 Å². The normalized spacial score (nSPS) is 10.7. The van der Waals surface area contributed by atoms with E-state index < -0.39 is 0 Å². The maximum atomic E-state index is 12.4. The Morgan fingerprint density at radius 1 is 0.833 bits per heavy atom. The van der Waals surface area contributed by atoms with Gasteiger partial charge in [-0.05, 0) is 30.3 Å². The number of thiophene rings is 1. The fourth-order valence-electron chi connectivity index (χ4n) is 2.64. The van der Waals surface area contributed by atoms with Gasteiger partial charge < -0.3 is 9.88 Å². The molecule has 0 radical (unpaired) electrons. The van der Waals surface area contributed by atoms with Gasteiger partial charge in [0.1, 0.15) is 5.00 Å². The number of rotatable bonds is 3. The van der Waals surface area contributed by atoms with Crippen molar-refractivity contribution in [3.05, 3.63) is 79.1 Å². The Morgan fingerprint density at radius 3 is 2.33 bits per heavy atom. The van der Waals surface area contributed by atoms with E-state index in [1.54, 1.807) is 11.3 Å². The smallest absolute Gasteiger partial charge is 0.321 e. The van der Waals surface area contributed by atoms with E-state index in [1.165, 1.54) is 0 Å². The zero-order chi connectivity index (χ0) is 16.4. The lowest BCUT2D eigenvalue weighted by molar-refractivity contribution is 0.262. The maximum absolute atomic E-state index is 12.4. The molecule has 4 nitrogen and oxygen atoms in total. The van der Waals surface area contributed by atoms with E-state index in [0.29, 0.717) is 0 Å². The Morgan fingerprint density at radius 2 is 1.54 bits per heavy atom. The number of benzene rings is 2. The van der Waals surface area contributed by atoms with Crippen molar-refractivity contribution in [1.82, 2.24) is 4.57 Å². The summed E-state index contributed by atoms with van der Waals surface area (Å²) in [5.41, 5.74) is 1.75. The lowest BCUT2D eigenvalue weighted by Crippen LogP contribution is -2.19. The molecule has 4 aromatic rings. The van der Waals surface area contributed by atoms with E-state index in [9.17, 15) is 4.79 Å². The van der Waals surface area contributed by atoms with Crippen molar-refractivity contribution in [3.63, 3.8) is 0 Å². The van der Waals surface area contributed by atoms with Gasteiger partial charge >= 0.3 is 6.03 Å². The Labute approximate surface area is 143 Å². The number of amides is 2. The number of anilines is 2. The monoisotopic (exact) mass is 333 g/mol. The molecule has 2 aromatic heterocycles. The second-order valence-corrected chi connectivity index (χ2v) is 6.36. The number of nitrogens with one attached hydrogen (secondary N) is 2. The predicted molar refractivity (Wildman–Crippen MR) is 100 cm³/mol. The third-order valence-electron chi connectivity index (χ3n) is 3.69. The van der Waals surface area contributed by atoms with Crippen LogP contribution in [0.5, 0.6) is 0 Å². The van der Waals surface area contributed by atoms with Gasteiger partial charge in [-0.1, -0.05) is 36.4 Å². The third kappa shape index (κ3) is 2.77. The highest BCUT2D eigenvalue weighted by Crippen LogP contribution is 2.38. The molecule has 5 heteroatoms. The summed E-state index contributed by atoms with van der Waals surface area (Å²) < 4.78 is 3.16. The lowest BCUT2D eigenvalue weighted by Gasteiger charge is -2.09. The van der Waals surface area contributed by atoms with Gasteiger partial charge in [0.25, 0.3) is 0 Å². The largest absolute Gasteiger partial charge is 0.324 e. The number of nitrogens with zero attached hydrogens (tertiary/aromatic N) is 1. The van der Waals surface area contributed by atoms with Crippen molar-refractivity contribution < 1.29 is 4.79 Å². The molecule has 0 saturated carbocycles. The van der Waals surface area contributed by atoms with Crippen molar-refractivity contribution >= 4 is 38.1 Å². The van der Waals surface area contributed by atoms with Crippen LogP contribution in [0.4, 0.5) is 15.5 Å². The molecule has 0 spiro atoms. The molecule has 0 bridgehead atoms. The van der Waals surface area contributed by atoms with E-state index >= 15 is 0 Å². The van der Waals surface area contributed by atoms with Crippen LogP contribution in [-0.2, 0) is 0 Å². The van der Waals surface area contributed by atoms with Gasteiger partial charge in [0, 0.05) is 28.2 Å². The first-order valence-electron chi connectivity index (χ1n) is 7.59. The number of para-hydroxylation sites is 1. The second kappa shape index (κ2) is 6.22. The molecule has 2 aromatic carbocycles. The number of hydrogen-bond acceptors (Lipinski definition) is 2. The molecule has 0 saturated heterocycles. The van der Waals surface area contributed by atoms with Crippen molar-refractivity contribution in [2.75, 3.05) is 10.6 Å². The number of hydrogen-bond donors (Lipinski definition) is 2. The van der Waals surface area contributed by atoms with E-state index in [4.69, 9.17) is 0 Å². The zero-order valence-electron chi connectivity index (χ0n) is 12.8. The van der Waals surface area contributed by atoms with Gasteiger partial charge in [-0.2, -0.15) is 0 Å². The van der Waals surface area contributed by atoms with Crippen LogP contribution in [0.3, 0.4) is 0 Å². The topological polar surface area (TPSA) is 46.1 Å². The summed E-state index contributed by atoms with van der Waals surface area (Å²) >= 11 is 1.57. The molecule has 118 valence electrons. The Balaban J connectivity index is 1.69. The summed E-state index contributed by atoms with van der Waals surface area (Å²) in [7, 11) is 0. The van der Waals surface area contributed by atoms with E-state index in [0.717, 1.165) is 26.5 Å². The molecule has 0 aliphatic heterocycles. The zero-order valence-corrected chi connectivity index (χ0v) is 13.6. The summed E-state index contributed by atoms with van der Waals surface area (Å²) in [6.45, 7) is 0. The van der Waals surface area contributed by atoms with Crippen molar-refractivity contribution in [3.8, 4) is 5.69 Å². The van der Waals surface area contributed by atoms with Crippen LogP contribution >= 0.6 is 11.3 Å². The molecule has 2 heterocycles. The quantitative estimate of drug-likeness (QED) is 0.522. The number of carbonyl (C=O) groups is 1. The third-order valence-corrected chi connectivity index (χ3v) is 4.77. The molecule has 0 aliphatic rings. The lowest BCUT2D eigenvalue weighted by atomic mass is 10.2. The Kier molecular flexibility index (Phi) is 3.76. The molecule has 4 rings (SSSR count). The van der Waals surface area contributed by atoms with E-state index in [1.807, 2.05) is 71.6 Å². The molecule has 2 N–H and O–H groups in total. The highest BCUT2D eigenvalue weighted by Gasteiger charge is 2.15. The first kappa shape index (κ1) is 14.5. The highest BCUT2D eigenvalue weighted by molar-refractivity contribution is 7.23. The first-order chi connectivity index (χ1) is 11.8. The summed E-state index contributed by atoms with van der Waals surface area (Å²) in [5, 5.41) is 7.78. The number of carbonyl (C=O) groups excluding carboxylic acids is 1. The number of urea groups is 1. The summed E-state index contributed by atoms with van der Waals surface area (Å²) in [6.07, 6.45) is 3.96. The molecule has 0 atom stereocenters. The molecule has 2 amide bonds. The van der Waals surface area contributed by atoms with Gasteiger partial charge in [0.15, 0.2) is 0 Å². The molecule has 0 aliphatic carbocycles. The molecule has 0 unspecified atom stereocenters. The fraction of sp³-hybridized carbons (Fsp3) is 0. The van der Waals surface area contributed by atoms with Gasteiger partial charge in [0.05, 0.1) is 5.69 Å². The van der Waals surface area contributed by atoms with Crippen LogP contribution in [0.2, 0.25) is 0 Å². The fourth-order valence-corrected chi connectivity index (χ4v) is 3.74. The van der Waals surface area contributed by atoms with Crippen LogP contribution in [-0.4, -0.2) is 10.6 Å². The summed E-state index contributed by atoms with van der Waals surface area (Å²) in [5.74, 6) is 0. The average molecular weight is 333 g/mol. The van der Waals surface area contributed by atoms with E-state index in [-0.39, 0.29) is 6.03 Å². The average Bonchev–Trinajstić information content (AvgIpc) is 3.22. The highest BCUT2D eigenvalue weighted by atomic mass is 32.1. The summed E-state index contributed by atoms with van der Waals surface area (Å²) in [6, 6.07) is 21.3. The maximum Gasteiger partial charge on any atom is 0.324 e. The minimum Gasteiger partial charge on any atom is -0.321 e. The van der Waals surface area contributed by atoms with Crippen LogP contribution in [0.25, 0.3) is 15.8 Å². The standard InChI is InChI=1S/C19H15N3OS/c23-19(20-14-8-2-1-3-9-14)21-18-17(22-12-6-7-13-22)15-10-4-5-11-16(15)24-18/h1-13H,(H2,20,21,23). The van der Waals surface area contributed by atoms with Gasteiger partial charge in [-0.25, -0.2) is 4.79 Å². The van der Waals surface area contributed by atoms with Crippen LogP contribution in [0.15, 0.2) is 79.1 Å². The van der Waals surface area contributed by atoms with Crippen LogP contribution < -0.4 is 10.6 Å². The van der Waals surface area contributed by atoms with Gasteiger partial charge in [-0.3, -0.25) is 5.32 Å². The first-order valence-corrected chi connectivity index (χ1v) is 8.41. The number of aromatic nitrogens is 1. The summed E-state index contributed by atoms with van der Waals surface area (Å²) in [4.78, 5) is 12.4. The number of fused-ring (bicyclic) bond motifs is 1. The van der Waals surface area contributed by atoms with Crippen molar-refractivity contribution in [2.24, 2.45) is 0 Å². The van der Waals surface area contributed by atoms with Crippen molar-refractivity contribution in [2.45, 2.75) is 0 Å². The molecule has 24 heavy (non-hydrogen) atoms. The second-order valence-electron chi connectivity index (χ2n) is 5.31. The van der Waals surface area contributed by atoms with Crippen LogP contribution in [0.1, 0.15) is 0 Å². The van der Waals surface area contributed by atoms with E-state index in [2.05, 4.69) is 22.8 Å². The molecule has 0 fully saturated rings.